The molecule has 0 aliphatic rings. The molecule has 0 saturated heterocycles. The molecule has 0 amide bonds. The van der Waals surface area contributed by atoms with Crippen LogP contribution in [0.3, 0.4) is 0 Å². The molecule has 0 aromatic heterocycles. The smallest absolute Gasteiger partial charge is 0.416 e. The van der Waals surface area contributed by atoms with E-state index in [1.807, 2.05) is 0 Å². The van der Waals surface area contributed by atoms with Crippen molar-refractivity contribution in [3.8, 4) is 11.5 Å². The standard InChI is InChI=1S/C12H13O6P2/c13-20(14,15)18-19(16-11-7-3-1-4-8-11)17-12-9-5-2-6-10-12/h1-10,13-15H/q+1. The van der Waals surface area contributed by atoms with Gasteiger partial charge in [0.15, 0.2) is 0 Å². The lowest BCUT2D eigenvalue weighted by atomic mass is 10.3. The second-order valence-electron chi connectivity index (χ2n) is 3.63. The fourth-order valence-electron chi connectivity index (χ4n) is 1.28. The Morgan fingerprint density at radius 2 is 1.10 bits per heavy atom. The van der Waals surface area contributed by atoms with Crippen LogP contribution in [-0.2, 0) is 4.31 Å². The van der Waals surface area contributed by atoms with Crippen molar-refractivity contribution in [3.05, 3.63) is 60.7 Å². The van der Waals surface area contributed by atoms with E-state index in [-0.39, 0.29) is 0 Å². The summed E-state index contributed by atoms with van der Waals surface area (Å²) >= 11 is 0. The molecule has 0 saturated carbocycles. The van der Waals surface area contributed by atoms with E-state index in [1.54, 1.807) is 60.7 Å². The van der Waals surface area contributed by atoms with E-state index in [0.717, 1.165) is 0 Å². The van der Waals surface area contributed by atoms with Crippen LogP contribution in [0.25, 0.3) is 0 Å². The van der Waals surface area contributed by atoms with E-state index >= 15 is 0 Å². The van der Waals surface area contributed by atoms with Crippen molar-refractivity contribution in [1.29, 1.82) is 0 Å². The summed E-state index contributed by atoms with van der Waals surface area (Å²) in [6, 6.07) is 17.2. The summed E-state index contributed by atoms with van der Waals surface area (Å²) in [5, 5.41) is 0. The summed E-state index contributed by atoms with van der Waals surface area (Å²) in [6.07, 6.45) is 0. The summed E-state index contributed by atoms with van der Waals surface area (Å²) in [5.41, 5.74) is 0. The van der Waals surface area contributed by atoms with Crippen molar-refractivity contribution in [2.45, 2.75) is 0 Å². The molecule has 2 aromatic rings. The maximum absolute atomic E-state index is 9.00. The molecule has 0 atom stereocenters. The van der Waals surface area contributed by atoms with Gasteiger partial charge in [-0.25, -0.2) is 0 Å². The molecule has 0 aliphatic heterocycles. The minimum absolute atomic E-state index is 0.419. The first-order valence-electron chi connectivity index (χ1n) is 5.56. The van der Waals surface area contributed by atoms with Crippen LogP contribution in [0, 0.1) is 0 Å². The molecule has 0 spiro atoms. The highest BCUT2D eigenvalue weighted by atomic mass is 31.3. The van der Waals surface area contributed by atoms with Gasteiger partial charge < -0.3 is 9.05 Å². The number of hydrogen-bond acceptors (Lipinski definition) is 6. The quantitative estimate of drug-likeness (QED) is 0.710. The predicted molar refractivity (Wildman–Crippen MR) is 75.7 cm³/mol. The monoisotopic (exact) mass is 315 g/mol. The minimum Gasteiger partial charge on any atom is -0.416 e. The lowest BCUT2D eigenvalue weighted by molar-refractivity contribution is 0.225. The maximum atomic E-state index is 9.00. The van der Waals surface area contributed by atoms with Gasteiger partial charge >= 0.3 is 16.8 Å². The minimum atomic E-state index is -4.47. The highest BCUT2D eigenvalue weighted by molar-refractivity contribution is 7.62. The second-order valence-corrected chi connectivity index (χ2v) is 6.12. The van der Waals surface area contributed by atoms with Crippen molar-refractivity contribution < 1.29 is 28.0 Å². The lowest BCUT2D eigenvalue weighted by Crippen LogP contribution is -2.01. The third-order valence-corrected chi connectivity index (χ3v) is 4.15. The molecule has 2 rings (SSSR count). The number of rotatable bonds is 6. The molecule has 20 heavy (non-hydrogen) atoms. The summed E-state index contributed by atoms with van der Waals surface area (Å²) in [5.74, 6) is 0.839. The van der Waals surface area contributed by atoms with E-state index in [0.29, 0.717) is 11.5 Å². The Morgan fingerprint density at radius 3 is 1.45 bits per heavy atom. The number of hydrogen-bond donors (Lipinski definition) is 3. The molecule has 0 heterocycles. The summed E-state index contributed by atoms with van der Waals surface area (Å²) in [6.45, 7) is 0. The van der Waals surface area contributed by atoms with Gasteiger partial charge in [0.2, 0.25) is 0 Å². The molecule has 0 bridgehead atoms. The molecule has 3 N–H and O–H groups in total. The highest BCUT2D eigenvalue weighted by Gasteiger charge is 2.42. The Kier molecular flexibility index (Phi) is 5.26. The van der Waals surface area contributed by atoms with E-state index < -0.39 is 16.8 Å². The first-order valence-corrected chi connectivity index (χ1v) is 8.22. The summed E-state index contributed by atoms with van der Waals surface area (Å²) < 4.78 is 15.4. The van der Waals surface area contributed by atoms with Gasteiger partial charge in [0.25, 0.3) is 0 Å². The van der Waals surface area contributed by atoms with Gasteiger partial charge in [0, 0.05) is 0 Å². The Bertz CT molecular complexity index is 475. The van der Waals surface area contributed by atoms with E-state index in [2.05, 4.69) is 4.31 Å². The molecule has 0 unspecified atom stereocenters. The van der Waals surface area contributed by atoms with E-state index in [9.17, 15) is 0 Å². The SMILES string of the molecule is O[P+](O)(O)OP(Oc1ccccc1)Oc1ccccc1. The molecule has 0 radical (unpaired) electrons. The van der Waals surface area contributed by atoms with Crippen LogP contribution in [0.5, 0.6) is 11.5 Å². The largest absolute Gasteiger partial charge is 0.577 e. The van der Waals surface area contributed by atoms with Gasteiger partial charge in [-0.05, 0) is 28.6 Å². The second kappa shape index (κ2) is 6.95. The lowest BCUT2D eigenvalue weighted by Gasteiger charge is -2.15. The van der Waals surface area contributed by atoms with Gasteiger partial charge in [-0.3, -0.25) is 0 Å². The van der Waals surface area contributed by atoms with Gasteiger partial charge in [0.1, 0.15) is 11.5 Å². The van der Waals surface area contributed by atoms with Crippen molar-refractivity contribution in [2.75, 3.05) is 0 Å². The van der Waals surface area contributed by atoms with Crippen molar-refractivity contribution in [2.24, 2.45) is 0 Å². The average Bonchev–Trinajstić information content (AvgIpc) is 2.39. The van der Waals surface area contributed by atoms with Crippen LogP contribution in [0.1, 0.15) is 0 Å². The van der Waals surface area contributed by atoms with E-state index in [1.165, 1.54) is 0 Å². The third kappa shape index (κ3) is 5.39. The Hall–Kier alpha value is -1.26. The Balaban J connectivity index is 2.08. The first-order chi connectivity index (χ1) is 9.53. The van der Waals surface area contributed by atoms with Crippen LogP contribution >= 0.6 is 16.8 Å². The van der Waals surface area contributed by atoms with Crippen LogP contribution in [0.15, 0.2) is 60.7 Å². The molecule has 0 fully saturated rings. The van der Waals surface area contributed by atoms with Gasteiger partial charge in [0.05, 0.1) is 0 Å². The maximum Gasteiger partial charge on any atom is 0.577 e. The molecule has 8 heteroatoms. The fourth-order valence-corrected chi connectivity index (χ4v) is 2.88. The Labute approximate surface area is 117 Å². The van der Waals surface area contributed by atoms with Gasteiger partial charge in [-0.15, -0.1) is 0 Å². The first kappa shape index (κ1) is 15.1. The van der Waals surface area contributed by atoms with Crippen molar-refractivity contribution in [1.82, 2.24) is 0 Å². The third-order valence-electron chi connectivity index (χ3n) is 2.02. The molecule has 2 aromatic carbocycles. The number of para-hydroxylation sites is 2. The normalized spacial score (nSPS) is 11.4. The predicted octanol–water partition coefficient (Wildman–Crippen LogP) is 3.04. The van der Waals surface area contributed by atoms with Crippen molar-refractivity contribution in [3.63, 3.8) is 0 Å². The van der Waals surface area contributed by atoms with Crippen LogP contribution in [0.2, 0.25) is 0 Å². The molecule has 106 valence electrons. The van der Waals surface area contributed by atoms with E-state index in [4.69, 9.17) is 23.7 Å². The summed E-state index contributed by atoms with van der Waals surface area (Å²) in [4.78, 5) is 27.0. The zero-order chi connectivity index (χ0) is 14.4. The molecule has 0 aliphatic carbocycles. The fraction of sp³-hybridized carbons (Fsp3) is 0. The zero-order valence-corrected chi connectivity index (χ0v) is 12.0. The zero-order valence-electron chi connectivity index (χ0n) is 10.2. The van der Waals surface area contributed by atoms with Crippen LogP contribution < -0.4 is 9.05 Å². The van der Waals surface area contributed by atoms with Crippen molar-refractivity contribution >= 4 is 16.8 Å². The number of benzene rings is 2. The van der Waals surface area contributed by atoms with Gasteiger partial charge in [-0.2, -0.15) is 14.7 Å². The van der Waals surface area contributed by atoms with Crippen LogP contribution in [0.4, 0.5) is 0 Å². The Morgan fingerprint density at radius 1 is 0.700 bits per heavy atom. The highest BCUT2D eigenvalue weighted by Crippen LogP contribution is 2.59. The average molecular weight is 315 g/mol. The topological polar surface area (TPSA) is 88.4 Å². The molecule has 6 nitrogen and oxygen atoms in total. The van der Waals surface area contributed by atoms with Gasteiger partial charge in [-0.1, -0.05) is 36.4 Å². The summed E-state index contributed by atoms with van der Waals surface area (Å²) in [7, 11) is -6.67. The molecular weight excluding hydrogens is 302 g/mol. The van der Waals surface area contributed by atoms with Crippen LogP contribution in [-0.4, -0.2) is 14.7 Å². The molecular formula is C12H13O6P2+.